The molecule has 0 saturated carbocycles. The third kappa shape index (κ3) is 7.14. The minimum atomic E-state index is -0.518. The van der Waals surface area contributed by atoms with Gasteiger partial charge in [-0.15, -0.1) is 11.3 Å². The van der Waals surface area contributed by atoms with Crippen LogP contribution in [0, 0.1) is 5.41 Å². The third-order valence-corrected chi connectivity index (χ3v) is 5.99. The van der Waals surface area contributed by atoms with Crippen LogP contribution in [0.4, 0.5) is 16.5 Å². The number of rotatable bonds is 10. The second-order valence-electron chi connectivity index (χ2n) is 7.79. The van der Waals surface area contributed by atoms with Gasteiger partial charge in [0, 0.05) is 44.8 Å². The van der Waals surface area contributed by atoms with Gasteiger partial charge in [-0.25, -0.2) is 4.98 Å². The predicted octanol–water partition coefficient (Wildman–Crippen LogP) is 2.23. The van der Waals surface area contributed by atoms with E-state index in [2.05, 4.69) is 48.8 Å². The molecular formula is C22H24BrN9O4S. The van der Waals surface area contributed by atoms with Gasteiger partial charge in [0.2, 0.25) is 0 Å². The van der Waals surface area contributed by atoms with E-state index >= 15 is 0 Å². The molecule has 37 heavy (non-hydrogen) atoms. The average Bonchev–Trinajstić information content (AvgIpc) is 3.52. The summed E-state index contributed by atoms with van der Waals surface area (Å²) in [6.07, 6.45) is 3.39. The van der Waals surface area contributed by atoms with Gasteiger partial charge in [0.05, 0.1) is 21.7 Å². The maximum atomic E-state index is 12.8. The highest BCUT2D eigenvalue weighted by Crippen LogP contribution is 2.20. The van der Waals surface area contributed by atoms with E-state index in [4.69, 9.17) is 11.1 Å². The summed E-state index contributed by atoms with van der Waals surface area (Å²) in [5.41, 5.74) is 6.72. The summed E-state index contributed by atoms with van der Waals surface area (Å²) in [6, 6.07) is 3.02. The maximum Gasteiger partial charge on any atom is 0.275 e. The molecule has 3 rings (SSSR count). The van der Waals surface area contributed by atoms with Crippen LogP contribution >= 0.6 is 27.3 Å². The van der Waals surface area contributed by atoms with E-state index in [1.165, 1.54) is 22.1 Å². The van der Waals surface area contributed by atoms with Crippen molar-refractivity contribution in [3.8, 4) is 0 Å². The van der Waals surface area contributed by atoms with Crippen LogP contribution in [0.3, 0.4) is 0 Å². The van der Waals surface area contributed by atoms with E-state index in [0.29, 0.717) is 17.1 Å². The summed E-state index contributed by atoms with van der Waals surface area (Å²) in [5.74, 6) is -1.84. The van der Waals surface area contributed by atoms with E-state index < -0.39 is 17.7 Å². The summed E-state index contributed by atoms with van der Waals surface area (Å²) in [6.45, 7) is 3.69. The number of aryl methyl sites for hydroxylation is 2. The molecule has 0 atom stereocenters. The molecule has 0 aliphatic rings. The van der Waals surface area contributed by atoms with Crippen molar-refractivity contribution >= 4 is 73.2 Å². The van der Waals surface area contributed by atoms with Crippen LogP contribution in [-0.4, -0.2) is 50.1 Å². The zero-order valence-electron chi connectivity index (χ0n) is 19.8. The molecule has 0 spiro atoms. The number of nitrogens with one attached hydrogen (secondary N) is 5. The van der Waals surface area contributed by atoms with Gasteiger partial charge in [0.1, 0.15) is 17.1 Å². The summed E-state index contributed by atoms with van der Waals surface area (Å²) < 4.78 is 3.23. The van der Waals surface area contributed by atoms with Crippen molar-refractivity contribution in [3.63, 3.8) is 0 Å². The van der Waals surface area contributed by atoms with Gasteiger partial charge in [-0.3, -0.25) is 29.9 Å². The summed E-state index contributed by atoms with van der Waals surface area (Å²) in [4.78, 5) is 53.5. The number of nitrogens with two attached hydrogens (primary N) is 1. The first-order chi connectivity index (χ1) is 17.4. The van der Waals surface area contributed by atoms with Crippen molar-refractivity contribution in [1.82, 2.24) is 19.4 Å². The maximum absolute atomic E-state index is 12.8. The number of carbonyl (C=O) groups excluding carboxylic acids is 4. The Labute approximate surface area is 223 Å². The van der Waals surface area contributed by atoms with Gasteiger partial charge in [-0.2, -0.15) is 0 Å². The molecule has 0 bridgehead atoms. The quantitative estimate of drug-likeness (QED) is 0.119. The summed E-state index contributed by atoms with van der Waals surface area (Å²) >= 11 is 4.05. The Kier molecular flexibility index (Phi) is 8.62. The minimum absolute atomic E-state index is 0.0278. The SMILES string of the molecule is C=C(Br)C(=O)Nc1nc(C(=O)Nc2cc(C(=O)Nc3cc(C(=O)NCCC(=N)N)n(C)c3)n(C)c2)cs1. The topological polar surface area (TPSA) is 189 Å². The van der Waals surface area contributed by atoms with E-state index in [0.717, 1.165) is 11.3 Å². The normalized spacial score (nSPS) is 10.5. The first-order valence-corrected chi connectivity index (χ1v) is 12.3. The number of anilines is 3. The van der Waals surface area contributed by atoms with Gasteiger partial charge in [-0.05, 0) is 28.1 Å². The van der Waals surface area contributed by atoms with Crippen molar-refractivity contribution in [2.75, 3.05) is 22.5 Å². The number of amidine groups is 1. The fraction of sp³-hybridized carbons (Fsp3) is 0.182. The Hall–Kier alpha value is -4.24. The van der Waals surface area contributed by atoms with Gasteiger partial charge in [-0.1, -0.05) is 6.58 Å². The summed E-state index contributed by atoms with van der Waals surface area (Å²) in [5, 5.41) is 19.5. The minimum Gasteiger partial charge on any atom is -0.388 e. The van der Waals surface area contributed by atoms with Crippen molar-refractivity contribution in [3.05, 3.63) is 58.0 Å². The molecule has 3 heterocycles. The molecule has 0 aromatic carbocycles. The van der Waals surface area contributed by atoms with Crippen molar-refractivity contribution in [2.45, 2.75) is 6.42 Å². The molecule has 0 aliphatic heterocycles. The predicted molar refractivity (Wildman–Crippen MR) is 144 cm³/mol. The summed E-state index contributed by atoms with van der Waals surface area (Å²) in [7, 11) is 3.31. The molecule has 0 saturated heterocycles. The van der Waals surface area contributed by atoms with Crippen LogP contribution < -0.4 is 27.0 Å². The molecule has 194 valence electrons. The van der Waals surface area contributed by atoms with Crippen LogP contribution in [0.1, 0.15) is 37.9 Å². The fourth-order valence-corrected chi connectivity index (χ4v) is 3.89. The monoisotopic (exact) mass is 589 g/mol. The highest BCUT2D eigenvalue weighted by molar-refractivity contribution is 9.12. The largest absolute Gasteiger partial charge is 0.388 e. The number of thiazole rings is 1. The molecule has 0 unspecified atom stereocenters. The highest BCUT2D eigenvalue weighted by Gasteiger charge is 2.18. The molecule has 15 heteroatoms. The first kappa shape index (κ1) is 27.3. The van der Waals surface area contributed by atoms with Crippen LogP contribution in [0.2, 0.25) is 0 Å². The zero-order chi connectivity index (χ0) is 27.3. The third-order valence-electron chi connectivity index (χ3n) is 4.87. The lowest BCUT2D eigenvalue weighted by Gasteiger charge is -2.04. The number of amides is 4. The molecular weight excluding hydrogens is 566 g/mol. The van der Waals surface area contributed by atoms with E-state index in [1.807, 2.05) is 0 Å². The van der Waals surface area contributed by atoms with Gasteiger partial charge in [0.25, 0.3) is 23.6 Å². The molecule has 0 aliphatic carbocycles. The first-order valence-electron chi connectivity index (χ1n) is 10.6. The highest BCUT2D eigenvalue weighted by atomic mass is 79.9. The number of hydrogen-bond acceptors (Lipinski definition) is 7. The van der Waals surface area contributed by atoms with Gasteiger partial charge < -0.3 is 30.8 Å². The lowest BCUT2D eigenvalue weighted by Crippen LogP contribution is -2.28. The van der Waals surface area contributed by atoms with Crippen LogP contribution in [-0.2, 0) is 18.9 Å². The second-order valence-corrected chi connectivity index (χ2v) is 9.60. The molecule has 4 amide bonds. The molecule has 7 N–H and O–H groups in total. The Bertz CT molecular complexity index is 1400. The van der Waals surface area contributed by atoms with Gasteiger partial charge in [0.15, 0.2) is 5.13 Å². The lowest BCUT2D eigenvalue weighted by molar-refractivity contribution is -0.112. The zero-order valence-corrected chi connectivity index (χ0v) is 22.2. The molecule has 3 aromatic rings. The van der Waals surface area contributed by atoms with Crippen LogP contribution in [0.5, 0.6) is 0 Å². The standard InChI is InChI=1S/C22H24BrN9O4S/c1-11(23)18(33)30-22-29-14(10-37-22)19(34)27-12-7-16(32(3)8-12)21(36)28-13-6-15(31(2)9-13)20(35)26-5-4-17(24)25/h6-10H,1,4-5H2,2-3H3,(H3,24,25)(H,26,35)(H,27,34)(H,28,36)(H,29,30,33). The lowest BCUT2D eigenvalue weighted by atomic mass is 10.3. The van der Waals surface area contributed by atoms with E-state index in [1.54, 1.807) is 31.1 Å². The van der Waals surface area contributed by atoms with E-state index in [-0.39, 0.29) is 45.7 Å². The number of carbonyl (C=O) groups is 4. The average molecular weight is 590 g/mol. The molecule has 13 nitrogen and oxygen atoms in total. The number of aromatic nitrogens is 3. The van der Waals surface area contributed by atoms with Crippen molar-refractivity contribution in [2.24, 2.45) is 19.8 Å². The Morgan fingerprint density at radius 1 is 1.03 bits per heavy atom. The molecule has 3 aromatic heterocycles. The molecule has 0 radical (unpaired) electrons. The van der Waals surface area contributed by atoms with E-state index in [9.17, 15) is 19.2 Å². The number of hydrogen-bond donors (Lipinski definition) is 6. The Morgan fingerprint density at radius 2 is 1.59 bits per heavy atom. The number of nitrogens with zero attached hydrogens (tertiary/aromatic N) is 3. The van der Waals surface area contributed by atoms with Crippen LogP contribution in [0.15, 0.2) is 41.0 Å². The number of halogens is 1. The van der Waals surface area contributed by atoms with Gasteiger partial charge >= 0.3 is 0 Å². The van der Waals surface area contributed by atoms with Crippen molar-refractivity contribution < 1.29 is 19.2 Å². The van der Waals surface area contributed by atoms with Crippen LogP contribution in [0.25, 0.3) is 0 Å². The second kappa shape index (κ2) is 11.7. The van der Waals surface area contributed by atoms with Crippen molar-refractivity contribution in [1.29, 1.82) is 5.41 Å². The Morgan fingerprint density at radius 3 is 2.16 bits per heavy atom. The molecule has 0 fully saturated rings. The smallest absolute Gasteiger partial charge is 0.275 e. The fourth-order valence-electron chi connectivity index (χ4n) is 3.11. The Balaban J connectivity index is 1.63.